The number of anilines is 3. The van der Waals surface area contributed by atoms with Crippen molar-refractivity contribution < 1.29 is 14.6 Å². The SMILES string of the molecule is C=NNc1ccc(Nc2nc(-c3cccc(O)c3)nc3ccc(OCCOC)cc23)cc1C. The first-order chi connectivity index (χ1) is 16.1. The van der Waals surface area contributed by atoms with E-state index in [1.807, 2.05) is 49.4 Å². The number of nitrogens with one attached hydrogen (secondary N) is 2. The zero-order valence-electron chi connectivity index (χ0n) is 18.5. The number of aromatic hydroxyl groups is 1. The van der Waals surface area contributed by atoms with E-state index < -0.39 is 0 Å². The van der Waals surface area contributed by atoms with Crippen LogP contribution in [-0.4, -0.2) is 42.1 Å². The molecule has 0 spiro atoms. The molecule has 168 valence electrons. The summed E-state index contributed by atoms with van der Waals surface area (Å²) in [5, 5.41) is 17.9. The van der Waals surface area contributed by atoms with Gasteiger partial charge in [0.05, 0.1) is 17.8 Å². The highest BCUT2D eigenvalue weighted by molar-refractivity contribution is 5.93. The maximum Gasteiger partial charge on any atom is 0.162 e. The van der Waals surface area contributed by atoms with Gasteiger partial charge in [0.25, 0.3) is 0 Å². The molecule has 3 N–H and O–H groups in total. The number of fused-ring (bicyclic) bond motifs is 1. The van der Waals surface area contributed by atoms with Crippen LogP contribution in [0.4, 0.5) is 17.2 Å². The van der Waals surface area contributed by atoms with Gasteiger partial charge in [-0.1, -0.05) is 12.1 Å². The summed E-state index contributed by atoms with van der Waals surface area (Å²) < 4.78 is 10.9. The van der Waals surface area contributed by atoms with E-state index in [9.17, 15) is 5.11 Å². The topological polar surface area (TPSA) is 101 Å². The standard InChI is InChI=1S/C25H25N5O3/c1-16-13-18(7-9-22(16)30-26-2)27-25-21-15-20(33-12-11-32-3)8-10-23(21)28-24(29-25)17-5-4-6-19(31)14-17/h4-10,13-15,30-31H,2,11-12H2,1,3H3,(H,27,28,29). The predicted octanol–water partition coefficient (Wildman–Crippen LogP) is 5.11. The maximum absolute atomic E-state index is 9.92. The third-order valence-corrected chi connectivity index (χ3v) is 5.02. The second-order valence-corrected chi connectivity index (χ2v) is 7.39. The van der Waals surface area contributed by atoms with Crippen molar-refractivity contribution in [2.24, 2.45) is 5.10 Å². The summed E-state index contributed by atoms with van der Waals surface area (Å²) in [4.78, 5) is 9.49. The normalized spacial score (nSPS) is 10.7. The number of hydrogen-bond acceptors (Lipinski definition) is 8. The van der Waals surface area contributed by atoms with E-state index in [0.29, 0.717) is 36.2 Å². The van der Waals surface area contributed by atoms with Crippen molar-refractivity contribution in [3.05, 3.63) is 66.2 Å². The number of aryl methyl sites for hydroxylation is 1. The van der Waals surface area contributed by atoms with E-state index in [2.05, 4.69) is 22.6 Å². The second kappa shape index (κ2) is 9.97. The molecule has 0 unspecified atom stereocenters. The van der Waals surface area contributed by atoms with Gasteiger partial charge in [0.15, 0.2) is 5.82 Å². The lowest BCUT2D eigenvalue weighted by atomic mass is 10.1. The van der Waals surface area contributed by atoms with Gasteiger partial charge < -0.3 is 19.9 Å². The number of phenols is 1. The van der Waals surface area contributed by atoms with E-state index in [0.717, 1.165) is 27.8 Å². The molecule has 33 heavy (non-hydrogen) atoms. The number of hydrogen-bond donors (Lipinski definition) is 3. The first kappa shape index (κ1) is 22.0. The van der Waals surface area contributed by atoms with Gasteiger partial charge in [0, 0.05) is 30.5 Å². The fourth-order valence-corrected chi connectivity index (χ4v) is 3.40. The van der Waals surface area contributed by atoms with Crippen molar-refractivity contribution in [1.29, 1.82) is 0 Å². The van der Waals surface area contributed by atoms with Crippen LogP contribution < -0.4 is 15.5 Å². The van der Waals surface area contributed by atoms with Gasteiger partial charge in [-0.25, -0.2) is 9.97 Å². The Kier molecular flexibility index (Phi) is 6.66. The van der Waals surface area contributed by atoms with Gasteiger partial charge in [-0.2, -0.15) is 5.10 Å². The van der Waals surface area contributed by atoms with Gasteiger partial charge in [-0.05, 0) is 61.0 Å². The van der Waals surface area contributed by atoms with Crippen LogP contribution in [0.15, 0.2) is 65.8 Å². The van der Waals surface area contributed by atoms with Crippen molar-refractivity contribution in [3.63, 3.8) is 0 Å². The van der Waals surface area contributed by atoms with Crippen molar-refractivity contribution in [2.45, 2.75) is 6.92 Å². The number of methoxy groups -OCH3 is 1. The van der Waals surface area contributed by atoms with Crippen LogP contribution in [-0.2, 0) is 4.74 Å². The summed E-state index contributed by atoms with van der Waals surface area (Å²) in [5.41, 5.74) is 7.07. The van der Waals surface area contributed by atoms with Crippen LogP contribution >= 0.6 is 0 Å². The van der Waals surface area contributed by atoms with E-state index in [1.165, 1.54) is 0 Å². The molecule has 0 aliphatic heterocycles. The van der Waals surface area contributed by atoms with E-state index in [4.69, 9.17) is 19.4 Å². The number of aromatic nitrogens is 2. The lowest BCUT2D eigenvalue weighted by molar-refractivity contribution is 0.146. The molecular weight excluding hydrogens is 418 g/mol. The third kappa shape index (κ3) is 5.19. The molecule has 1 aromatic heterocycles. The Hall–Kier alpha value is -4.17. The molecule has 0 amide bonds. The number of phenolic OH excluding ortho intramolecular Hbond substituents is 1. The molecule has 0 fully saturated rings. The maximum atomic E-state index is 9.92. The first-order valence-electron chi connectivity index (χ1n) is 10.4. The Bertz CT molecular complexity index is 1290. The Morgan fingerprint density at radius 2 is 1.91 bits per heavy atom. The van der Waals surface area contributed by atoms with Gasteiger partial charge in [0.2, 0.25) is 0 Å². The van der Waals surface area contributed by atoms with Gasteiger partial charge in [0.1, 0.15) is 23.9 Å². The fraction of sp³-hybridized carbons (Fsp3) is 0.160. The minimum absolute atomic E-state index is 0.155. The molecule has 0 aliphatic rings. The summed E-state index contributed by atoms with van der Waals surface area (Å²) in [6, 6.07) is 18.4. The first-order valence-corrected chi connectivity index (χ1v) is 10.4. The lowest BCUT2D eigenvalue weighted by Gasteiger charge is -2.14. The lowest BCUT2D eigenvalue weighted by Crippen LogP contribution is -2.05. The molecule has 4 rings (SSSR count). The van der Waals surface area contributed by atoms with Crippen LogP contribution in [0.25, 0.3) is 22.3 Å². The molecule has 0 atom stereocenters. The van der Waals surface area contributed by atoms with E-state index in [1.54, 1.807) is 25.3 Å². The Morgan fingerprint density at radius 3 is 2.67 bits per heavy atom. The molecule has 0 aliphatic carbocycles. The largest absolute Gasteiger partial charge is 0.508 e. The number of nitrogens with zero attached hydrogens (tertiary/aromatic N) is 3. The second-order valence-electron chi connectivity index (χ2n) is 7.39. The summed E-state index contributed by atoms with van der Waals surface area (Å²) in [6.07, 6.45) is 0. The minimum atomic E-state index is 0.155. The molecule has 4 aromatic rings. The average molecular weight is 444 g/mol. The number of benzene rings is 3. The van der Waals surface area contributed by atoms with Crippen molar-refractivity contribution in [2.75, 3.05) is 31.1 Å². The Balaban J connectivity index is 1.78. The highest BCUT2D eigenvalue weighted by Gasteiger charge is 2.12. The van der Waals surface area contributed by atoms with Crippen LogP contribution in [0.3, 0.4) is 0 Å². The van der Waals surface area contributed by atoms with E-state index in [-0.39, 0.29) is 5.75 Å². The molecule has 0 radical (unpaired) electrons. The van der Waals surface area contributed by atoms with Crippen LogP contribution in [0.5, 0.6) is 11.5 Å². The van der Waals surface area contributed by atoms with Crippen LogP contribution in [0.1, 0.15) is 5.56 Å². The molecular formula is C25H25N5O3. The number of ether oxygens (including phenoxy) is 2. The Morgan fingerprint density at radius 1 is 1.03 bits per heavy atom. The molecule has 3 aromatic carbocycles. The van der Waals surface area contributed by atoms with Gasteiger partial charge in [-0.3, -0.25) is 5.43 Å². The Labute approximate surface area is 191 Å². The molecule has 0 saturated heterocycles. The average Bonchev–Trinajstić information content (AvgIpc) is 2.81. The van der Waals surface area contributed by atoms with Crippen molar-refractivity contribution >= 4 is 34.8 Å². The zero-order chi connectivity index (χ0) is 23.2. The predicted molar refractivity (Wildman–Crippen MR) is 132 cm³/mol. The molecule has 0 saturated carbocycles. The van der Waals surface area contributed by atoms with Crippen molar-refractivity contribution in [1.82, 2.24) is 9.97 Å². The quantitative estimate of drug-likeness (QED) is 0.188. The zero-order valence-corrected chi connectivity index (χ0v) is 18.5. The molecule has 8 nitrogen and oxygen atoms in total. The highest BCUT2D eigenvalue weighted by atomic mass is 16.5. The summed E-state index contributed by atoms with van der Waals surface area (Å²) >= 11 is 0. The van der Waals surface area contributed by atoms with Gasteiger partial charge >= 0.3 is 0 Å². The van der Waals surface area contributed by atoms with Gasteiger partial charge in [-0.15, -0.1) is 0 Å². The van der Waals surface area contributed by atoms with E-state index >= 15 is 0 Å². The summed E-state index contributed by atoms with van der Waals surface area (Å²) in [6.45, 7) is 6.39. The number of hydrazone groups is 1. The van der Waals surface area contributed by atoms with Crippen LogP contribution in [0, 0.1) is 6.92 Å². The summed E-state index contributed by atoms with van der Waals surface area (Å²) in [7, 11) is 1.64. The monoisotopic (exact) mass is 443 g/mol. The smallest absolute Gasteiger partial charge is 0.162 e. The molecule has 1 heterocycles. The highest BCUT2D eigenvalue weighted by Crippen LogP contribution is 2.32. The number of rotatable bonds is 9. The third-order valence-electron chi connectivity index (χ3n) is 5.02. The fourth-order valence-electron chi connectivity index (χ4n) is 3.40. The molecule has 8 heteroatoms. The van der Waals surface area contributed by atoms with Crippen molar-refractivity contribution in [3.8, 4) is 22.9 Å². The minimum Gasteiger partial charge on any atom is -0.508 e. The molecule has 0 bridgehead atoms. The summed E-state index contributed by atoms with van der Waals surface area (Å²) in [5.74, 6) is 1.98. The van der Waals surface area contributed by atoms with Crippen LogP contribution in [0.2, 0.25) is 0 Å².